The van der Waals surface area contributed by atoms with Gasteiger partial charge in [0, 0.05) is 19.3 Å². The number of carboxylic acids is 1. The van der Waals surface area contributed by atoms with Gasteiger partial charge >= 0.3 is 17.9 Å². The number of hydrogen-bond donors (Lipinski definition) is 1. The standard InChI is InChI=1S/C52H93NO7/c1-6-8-10-12-14-16-18-20-22-23-24-25-26-27-28-29-31-33-35-37-39-41-43-51(55)60-48(46-58-45-44-49(52(56)57)53(3,4)5)47-59-50(54)42-40-38-36-34-32-30-21-19-17-15-13-11-9-7-2/h8,10,14,16,20,22,24-25,48-49H,6-7,9,11-13,15,17-19,21,23,26-47H2,1-5H3/p+1/b10-8+,16-14+,22-20+,25-24+. The summed E-state index contributed by atoms with van der Waals surface area (Å²) in [5, 5.41) is 9.64. The van der Waals surface area contributed by atoms with Crippen LogP contribution in [0.1, 0.15) is 213 Å². The smallest absolute Gasteiger partial charge is 0.362 e. The molecule has 0 heterocycles. The quantitative estimate of drug-likeness (QED) is 0.0282. The number of likely N-dealkylation sites (N-methyl/N-ethyl adjacent to an activating group) is 1. The Morgan fingerprint density at radius 2 is 0.933 bits per heavy atom. The van der Waals surface area contributed by atoms with Crippen LogP contribution in [0.3, 0.4) is 0 Å². The average Bonchev–Trinajstić information content (AvgIpc) is 3.21. The molecule has 0 spiro atoms. The van der Waals surface area contributed by atoms with E-state index in [0.717, 1.165) is 70.6 Å². The summed E-state index contributed by atoms with van der Waals surface area (Å²) in [6.45, 7) is 4.64. The van der Waals surface area contributed by atoms with Gasteiger partial charge in [0.2, 0.25) is 0 Å². The van der Waals surface area contributed by atoms with Crippen molar-refractivity contribution in [1.29, 1.82) is 0 Å². The Kier molecular flexibility index (Phi) is 41.0. The van der Waals surface area contributed by atoms with Crippen LogP contribution < -0.4 is 0 Å². The highest BCUT2D eigenvalue weighted by Crippen LogP contribution is 2.15. The number of esters is 2. The van der Waals surface area contributed by atoms with E-state index in [1.807, 2.05) is 21.1 Å². The Labute approximate surface area is 369 Å². The zero-order valence-corrected chi connectivity index (χ0v) is 39.7. The van der Waals surface area contributed by atoms with Crippen LogP contribution in [-0.4, -0.2) is 80.6 Å². The molecule has 60 heavy (non-hydrogen) atoms. The predicted molar refractivity (Wildman–Crippen MR) is 252 cm³/mol. The van der Waals surface area contributed by atoms with Crippen molar-refractivity contribution in [1.82, 2.24) is 0 Å². The zero-order chi connectivity index (χ0) is 44.2. The third-order valence-corrected chi connectivity index (χ3v) is 11.0. The van der Waals surface area contributed by atoms with Crippen LogP contribution in [0.15, 0.2) is 48.6 Å². The molecule has 0 fully saturated rings. The number of ether oxygens (including phenoxy) is 3. The first-order chi connectivity index (χ1) is 29.1. The molecule has 0 saturated carbocycles. The lowest BCUT2D eigenvalue weighted by Crippen LogP contribution is -2.50. The number of unbranched alkanes of at least 4 members (excludes halogenated alkanes) is 22. The number of allylic oxidation sites excluding steroid dienone is 8. The maximum atomic E-state index is 12.8. The second kappa shape index (κ2) is 43.0. The van der Waals surface area contributed by atoms with E-state index in [9.17, 15) is 19.5 Å². The van der Waals surface area contributed by atoms with E-state index in [-0.39, 0.29) is 36.2 Å². The van der Waals surface area contributed by atoms with Crippen molar-refractivity contribution in [2.75, 3.05) is 41.0 Å². The minimum absolute atomic E-state index is 0.0513. The highest BCUT2D eigenvalue weighted by atomic mass is 16.6. The highest BCUT2D eigenvalue weighted by molar-refractivity contribution is 5.72. The van der Waals surface area contributed by atoms with E-state index in [0.29, 0.717) is 19.3 Å². The van der Waals surface area contributed by atoms with E-state index in [4.69, 9.17) is 14.2 Å². The molecule has 0 rings (SSSR count). The van der Waals surface area contributed by atoms with Gasteiger partial charge in [-0.25, -0.2) is 4.79 Å². The Morgan fingerprint density at radius 1 is 0.517 bits per heavy atom. The third kappa shape index (κ3) is 40.7. The number of carboxylic acid groups (broad SMARTS) is 1. The second-order valence-electron chi connectivity index (χ2n) is 17.7. The molecule has 0 radical (unpaired) electrons. The summed E-state index contributed by atoms with van der Waals surface area (Å²) in [5.41, 5.74) is 0. The van der Waals surface area contributed by atoms with Gasteiger partial charge in [-0.05, 0) is 51.4 Å². The van der Waals surface area contributed by atoms with Gasteiger partial charge in [0.25, 0.3) is 0 Å². The predicted octanol–water partition coefficient (Wildman–Crippen LogP) is 14.0. The second-order valence-corrected chi connectivity index (χ2v) is 17.7. The van der Waals surface area contributed by atoms with Crippen LogP contribution in [-0.2, 0) is 28.6 Å². The van der Waals surface area contributed by atoms with Gasteiger partial charge in [-0.15, -0.1) is 0 Å². The van der Waals surface area contributed by atoms with Crippen molar-refractivity contribution in [3.8, 4) is 0 Å². The first-order valence-corrected chi connectivity index (χ1v) is 24.7. The zero-order valence-electron chi connectivity index (χ0n) is 39.7. The van der Waals surface area contributed by atoms with Crippen molar-refractivity contribution >= 4 is 17.9 Å². The van der Waals surface area contributed by atoms with E-state index in [1.54, 1.807) is 0 Å². The van der Waals surface area contributed by atoms with Gasteiger partial charge in [0.05, 0.1) is 34.4 Å². The molecule has 0 aliphatic rings. The normalized spacial score (nSPS) is 13.3. The third-order valence-electron chi connectivity index (χ3n) is 11.0. The number of hydrogen-bond acceptors (Lipinski definition) is 6. The summed E-state index contributed by atoms with van der Waals surface area (Å²) in [5.74, 6) is -1.47. The van der Waals surface area contributed by atoms with Gasteiger partial charge in [-0.3, -0.25) is 9.59 Å². The van der Waals surface area contributed by atoms with Crippen LogP contribution in [0.4, 0.5) is 0 Å². The molecular weight excluding hydrogens is 751 g/mol. The molecule has 8 heteroatoms. The molecule has 0 aliphatic heterocycles. The average molecular weight is 845 g/mol. The van der Waals surface area contributed by atoms with Crippen LogP contribution in [0.5, 0.6) is 0 Å². The van der Waals surface area contributed by atoms with Gasteiger partial charge in [0.15, 0.2) is 12.1 Å². The van der Waals surface area contributed by atoms with Crippen LogP contribution in [0.2, 0.25) is 0 Å². The lowest BCUT2D eigenvalue weighted by Gasteiger charge is -2.31. The Bertz CT molecular complexity index is 1120. The molecule has 0 saturated heterocycles. The molecule has 348 valence electrons. The lowest BCUT2D eigenvalue weighted by molar-refractivity contribution is -0.887. The van der Waals surface area contributed by atoms with Gasteiger partial charge in [-0.1, -0.05) is 191 Å². The highest BCUT2D eigenvalue weighted by Gasteiger charge is 2.31. The Hall–Kier alpha value is -2.71. The molecule has 2 atom stereocenters. The number of carbonyl (C=O) groups is 3. The molecule has 0 aromatic rings. The summed E-state index contributed by atoms with van der Waals surface area (Å²) >= 11 is 0. The van der Waals surface area contributed by atoms with Crippen molar-refractivity contribution in [2.45, 2.75) is 225 Å². The number of carbonyl (C=O) groups excluding carboxylic acids is 2. The molecule has 0 aliphatic carbocycles. The maximum Gasteiger partial charge on any atom is 0.362 e. The molecular formula is C52H94NO7+. The minimum Gasteiger partial charge on any atom is -0.477 e. The first kappa shape index (κ1) is 57.3. The van der Waals surface area contributed by atoms with Gasteiger partial charge in [-0.2, -0.15) is 0 Å². The first-order valence-electron chi connectivity index (χ1n) is 24.7. The number of aliphatic carboxylic acids is 1. The van der Waals surface area contributed by atoms with E-state index in [1.165, 1.54) is 109 Å². The van der Waals surface area contributed by atoms with Crippen molar-refractivity contribution in [3.05, 3.63) is 48.6 Å². The van der Waals surface area contributed by atoms with Gasteiger partial charge in [0.1, 0.15) is 6.61 Å². The fourth-order valence-corrected chi connectivity index (χ4v) is 7.20. The van der Waals surface area contributed by atoms with Crippen LogP contribution in [0.25, 0.3) is 0 Å². The van der Waals surface area contributed by atoms with Crippen molar-refractivity contribution in [3.63, 3.8) is 0 Å². The summed E-state index contributed by atoms with van der Waals surface area (Å²) in [7, 11) is 5.53. The van der Waals surface area contributed by atoms with E-state index in [2.05, 4.69) is 62.5 Å². The molecule has 8 nitrogen and oxygen atoms in total. The Morgan fingerprint density at radius 3 is 1.38 bits per heavy atom. The summed E-state index contributed by atoms with van der Waals surface area (Å²) in [6.07, 6.45) is 51.5. The lowest BCUT2D eigenvalue weighted by atomic mass is 10.0. The Balaban J connectivity index is 4.25. The molecule has 0 aromatic heterocycles. The van der Waals surface area contributed by atoms with Crippen molar-refractivity contribution in [2.24, 2.45) is 0 Å². The minimum atomic E-state index is -0.875. The van der Waals surface area contributed by atoms with Crippen LogP contribution in [0, 0.1) is 0 Å². The van der Waals surface area contributed by atoms with E-state index < -0.39 is 18.1 Å². The summed E-state index contributed by atoms with van der Waals surface area (Å²) < 4.78 is 17.3. The molecule has 1 N–H and O–H groups in total. The number of quaternary nitrogens is 1. The van der Waals surface area contributed by atoms with E-state index >= 15 is 0 Å². The monoisotopic (exact) mass is 845 g/mol. The number of nitrogens with zero attached hydrogens (tertiary/aromatic N) is 1. The molecule has 0 aromatic carbocycles. The fraction of sp³-hybridized carbons (Fsp3) is 0.788. The summed E-state index contributed by atoms with van der Waals surface area (Å²) in [6, 6.07) is -0.615. The largest absolute Gasteiger partial charge is 0.477 e. The SMILES string of the molecule is CC/C=C/C/C=C/C/C=C/C/C=C/CCCCCCCCCCCC(=O)OC(COCCC(C(=O)O)[N+](C)(C)C)COC(=O)CCCCCCCCCCCCCCCC. The summed E-state index contributed by atoms with van der Waals surface area (Å²) in [4.78, 5) is 37.1. The molecule has 0 amide bonds. The van der Waals surface area contributed by atoms with Crippen LogP contribution >= 0.6 is 0 Å². The number of rotatable bonds is 44. The maximum absolute atomic E-state index is 12.8. The van der Waals surface area contributed by atoms with Gasteiger partial charge < -0.3 is 23.8 Å². The fourth-order valence-electron chi connectivity index (χ4n) is 7.20. The molecule has 2 unspecified atom stereocenters. The topological polar surface area (TPSA) is 99.1 Å². The van der Waals surface area contributed by atoms with Crippen molar-refractivity contribution < 1.29 is 38.2 Å². The molecule has 0 bridgehead atoms.